The number of nitrogens with zero attached hydrogens (tertiary/aromatic N) is 2. The summed E-state index contributed by atoms with van der Waals surface area (Å²) in [6.45, 7) is 2.72. The normalized spacial score (nSPS) is 10.4. The number of nitrogens with one attached hydrogen (secondary N) is 1. The van der Waals surface area contributed by atoms with Crippen LogP contribution in [-0.2, 0) is 17.8 Å². The third-order valence-electron chi connectivity index (χ3n) is 3.82. The van der Waals surface area contributed by atoms with E-state index < -0.39 is 0 Å². The van der Waals surface area contributed by atoms with Crippen molar-refractivity contribution in [2.45, 2.75) is 19.9 Å². The minimum Gasteiger partial charge on any atom is -0.497 e. The minimum atomic E-state index is -0.125. The van der Waals surface area contributed by atoms with Crippen LogP contribution in [0.1, 0.15) is 18.4 Å². The lowest BCUT2D eigenvalue weighted by Crippen LogP contribution is -2.24. The predicted molar refractivity (Wildman–Crippen MR) is 99.4 cm³/mol. The van der Waals surface area contributed by atoms with Crippen molar-refractivity contribution in [3.8, 4) is 23.0 Å². The molecule has 3 aromatic rings. The summed E-state index contributed by atoms with van der Waals surface area (Å²) in [4.78, 5) is 12.1. The maximum atomic E-state index is 12.1. The summed E-state index contributed by atoms with van der Waals surface area (Å²) in [5.74, 6) is 2.09. The molecule has 7 heteroatoms. The lowest BCUT2D eigenvalue weighted by Gasteiger charge is -2.05. The number of benzene rings is 2. The summed E-state index contributed by atoms with van der Waals surface area (Å²) >= 11 is 0. The summed E-state index contributed by atoms with van der Waals surface area (Å²) in [6, 6.07) is 14.8. The van der Waals surface area contributed by atoms with Crippen LogP contribution >= 0.6 is 0 Å². The van der Waals surface area contributed by atoms with Gasteiger partial charge in [-0.25, -0.2) is 0 Å². The highest BCUT2D eigenvalue weighted by Gasteiger charge is 2.11. The van der Waals surface area contributed by atoms with Gasteiger partial charge in [0.1, 0.15) is 11.5 Å². The fourth-order valence-electron chi connectivity index (χ4n) is 2.49. The summed E-state index contributed by atoms with van der Waals surface area (Å²) < 4.78 is 16.2. The molecule has 0 bridgehead atoms. The van der Waals surface area contributed by atoms with Crippen LogP contribution in [0, 0.1) is 0 Å². The first-order chi connectivity index (χ1) is 13.2. The molecule has 1 heterocycles. The number of aromatic nitrogens is 2. The molecule has 0 spiro atoms. The highest BCUT2D eigenvalue weighted by Crippen LogP contribution is 2.22. The molecule has 0 aliphatic carbocycles. The third-order valence-corrected chi connectivity index (χ3v) is 3.82. The minimum absolute atomic E-state index is 0.125. The topological polar surface area (TPSA) is 86.5 Å². The summed E-state index contributed by atoms with van der Waals surface area (Å²) in [5, 5.41) is 10.8. The number of rotatable bonds is 8. The Morgan fingerprint density at radius 1 is 1.11 bits per heavy atom. The van der Waals surface area contributed by atoms with Gasteiger partial charge in [-0.1, -0.05) is 18.2 Å². The van der Waals surface area contributed by atoms with Gasteiger partial charge in [-0.15, -0.1) is 10.2 Å². The molecule has 3 rings (SSSR count). The molecule has 27 heavy (non-hydrogen) atoms. The van der Waals surface area contributed by atoms with Crippen LogP contribution in [0.3, 0.4) is 0 Å². The van der Waals surface area contributed by atoms with E-state index in [4.69, 9.17) is 13.9 Å². The van der Waals surface area contributed by atoms with Crippen molar-refractivity contribution in [1.82, 2.24) is 15.5 Å². The predicted octanol–water partition coefficient (Wildman–Crippen LogP) is 3.00. The van der Waals surface area contributed by atoms with E-state index in [0.717, 1.165) is 16.9 Å². The molecule has 7 nitrogen and oxygen atoms in total. The van der Waals surface area contributed by atoms with Gasteiger partial charge >= 0.3 is 0 Å². The first-order valence-electron chi connectivity index (χ1n) is 8.63. The molecule has 0 saturated heterocycles. The maximum Gasteiger partial charge on any atom is 0.247 e. The fraction of sp³-hybridized carbons (Fsp3) is 0.250. The van der Waals surface area contributed by atoms with Gasteiger partial charge in [0.2, 0.25) is 17.7 Å². The standard InChI is InChI=1S/C20H21N3O4/c1-3-26-16-9-7-14(8-10-16)11-18(24)21-13-19-22-23-20(27-19)15-5-4-6-17(12-15)25-2/h4-10,12H,3,11,13H2,1-2H3,(H,21,24). The monoisotopic (exact) mass is 367 g/mol. The number of carbonyl (C=O) groups excluding carboxylic acids is 1. The van der Waals surface area contributed by atoms with Crippen molar-refractivity contribution in [1.29, 1.82) is 0 Å². The first-order valence-corrected chi connectivity index (χ1v) is 8.63. The van der Waals surface area contributed by atoms with E-state index >= 15 is 0 Å². The first kappa shape index (κ1) is 18.4. The number of methoxy groups -OCH3 is 1. The van der Waals surface area contributed by atoms with Crippen LogP contribution < -0.4 is 14.8 Å². The Labute approximate surface area is 157 Å². The molecule has 0 aliphatic heterocycles. The van der Waals surface area contributed by atoms with Crippen LogP contribution in [0.5, 0.6) is 11.5 Å². The van der Waals surface area contributed by atoms with Crippen LogP contribution in [0.4, 0.5) is 0 Å². The van der Waals surface area contributed by atoms with Gasteiger partial charge in [-0.05, 0) is 42.8 Å². The SMILES string of the molecule is CCOc1ccc(CC(=O)NCc2nnc(-c3cccc(OC)c3)o2)cc1. The number of hydrogen-bond donors (Lipinski definition) is 1. The second-order valence-electron chi connectivity index (χ2n) is 5.76. The van der Waals surface area contributed by atoms with E-state index in [0.29, 0.717) is 24.1 Å². The number of hydrogen-bond acceptors (Lipinski definition) is 6. The molecule has 0 atom stereocenters. The lowest BCUT2D eigenvalue weighted by molar-refractivity contribution is -0.120. The van der Waals surface area contributed by atoms with Gasteiger partial charge in [-0.2, -0.15) is 0 Å². The van der Waals surface area contributed by atoms with E-state index in [9.17, 15) is 4.79 Å². The number of ether oxygens (including phenoxy) is 2. The van der Waals surface area contributed by atoms with Gasteiger partial charge < -0.3 is 19.2 Å². The molecular weight excluding hydrogens is 346 g/mol. The van der Waals surface area contributed by atoms with Crippen molar-refractivity contribution in [3.63, 3.8) is 0 Å². The number of amides is 1. The molecule has 2 aromatic carbocycles. The Bertz CT molecular complexity index is 890. The zero-order valence-corrected chi connectivity index (χ0v) is 15.3. The van der Waals surface area contributed by atoms with Gasteiger partial charge in [0.05, 0.1) is 26.7 Å². The van der Waals surface area contributed by atoms with E-state index in [2.05, 4.69) is 15.5 Å². The summed E-state index contributed by atoms with van der Waals surface area (Å²) in [5.41, 5.74) is 1.66. The molecule has 1 aromatic heterocycles. The molecule has 140 valence electrons. The van der Waals surface area contributed by atoms with E-state index in [1.807, 2.05) is 55.5 Å². The largest absolute Gasteiger partial charge is 0.497 e. The van der Waals surface area contributed by atoms with Gasteiger partial charge in [-0.3, -0.25) is 4.79 Å². The van der Waals surface area contributed by atoms with E-state index in [1.165, 1.54) is 0 Å². The molecule has 1 amide bonds. The lowest BCUT2D eigenvalue weighted by atomic mass is 10.1. The Morgan fingerprint density at radius 2 is 1.93 bits per heavy atom. The van der Waals surface area contributed by atoms with Crippen molar-refractivity contribution >= 4 is 5.91 Å². The zero-order valence-electron chi connectivity index (χ0n) is 15.3. The van der Waals surface area contributed by atoms with Gasteiger partial charge in [0, 0.05) is 5.56 Å². The molecule has 0 radical (unpaired) electrons. The summed E-state index contributed by atoms with van der Waals surface area (Å²) in [6.07, 6.45) is 0.267. The molecule has 1 N–H and O–H groups in total. The Morgan fingerprint density at radius 3 is 2.67 bits per heavy atom. The molecule has 0 saturated carbocycles. The Kier molecular flexibility index (Phi) is 6.04. The van der Waals surface area contributed by atoms with Crippen LogP contribution in [0.25, 0.3) is 11.5 Å². The fourth-order valence-corrected chi connectivity index (χ4v) is 2.49. The van der Waals surface area contributed by atoms with Gasteiger partial charge in [0.25, 0.3) is 0 Å². The molecule has 0 fully saturated rings. The average molecular weight is 367 g/mol. The van der Waals surface area contributed by atoms with E-state index in [1.54, 1.807) is 7.11 Å². The molecule has 0 unspecified atom stereocenters. The third kappa shape index (κ3) is 5.07. The average Bonchev–Trinajstić information content (AvgIpc) is 3.17. The second-order valence-corrected chi connectivity index (χ2v) is 5.76. The highest BCUT2D eigenvalue weighted by atomic mass is 16.5. The quantitative estimate of drug-likeness (QED) is 0.659. The summed E-state index contributed by atoms with van der Waals surface area (Å²) in [7, 11) is 1.60. The maximum absolute atomic E-state index is 12.1. The molecule has 0 aliphatic rings. The van der Waals surface area contributed by atoms with Crippen molar-refractivity contribution < 1.29 is 18.7 Å². The van der Waals surface area contributed by atoms with Crippen molar-refractivity contribution in [3.05, 3.63) is 60.0 Å². The van der Waals surface area contributed by atoms with Crippen LogP contribution in [-0.4, -0.2) is 29.8 Å². The second kappa shape index (κ2) is 8.84. The zero-order chi connectivity index (χ0) is 19.1. The smallest absolute Gasteiger partial charge is 0.247 e. The van der Waals surface area contributed by atoms with E-state index in [-0.39, 0.29) is 18.9 Å². The highest BCUT2D eigenvalue weighted by molar-refractivity contribution is 5.78. The Balaban J connectivity index is 1.54. The van der Waals surface area contributed by atoms with Crippen molar-refractivity contribution in [2.75, 3.05) is 13.7 Å². The van der Waals surface area contributed by atoms with Crippen LogP contribution in [0.15, 0.2) is 52.9 Å². The van der Waals surface area contributed by atoms with Gasteiger partial charge in [0.15, 0.2) is 0 Å². The van der Waals surface area contributed by atoms with Crippen molar-refractivity contribution in [2.24, 2.45) is 0 Å². The molecular formula is C20H21N3O4. The number of carbonyl (C=O) groups is 1. The van der Waals surface area contributed by atoms with Crippen LogP contribution in [0.2, 0.25) is 0 Å². The Hall–Kier alpha value is -3.35.